The van der Waals surface area contributed by atoms with E-state index in [4.69, 9.17) is 0 Å². The van der Waals surface area contributed by atoms with E-state index in [0.717, 1.165) is 48.5 Å². The lowest BCUT2D eigenvalue weighted by molar-refractivity contribution is 0.246. The van der Waals surface area contributed by atoms with E-state index in [2.05, 4.69) is 30.6 Å². The highest BCUT2D eigenvalue weighted by molar-refractivity contribution is 5.89. The lowest BCUT2D eigenvalue weighted by Gasteiger charge is -2.33. The molecule has 0 radical (unpaired) electrons. The van der Waals surface area contributed by atoms with Gasteiger partial charge in [0.2, 0.25) is 0 Å². The van der Waals surface area contributed by atoms with Crippen LogP contribution in [0.15, 0.2) is 42.9 Å². The molecule has 26 heavy (non-hydrogen) atoms. The smallest absolute Gasteiger partial charge is 0.319 e. The average molecular weight is 351 g/mol. The van der Waals surface area contributed by atoms with Gasteiger partial charge < -0.3 is 15.5 Å². The number of fused-ring (bicyclic) bond motifs is 1. The first-order chi connectivity index (χ1) is 12.7. The molecule has 1 fully saturated rings. The van der Waals surface area contributed by atoms with Crippen molar-refractivity contribution in [2.24, 2.45) is 7.05 Å². The minimum Gasteiger partial charge on any atom is -0.356 e. The van der Waals surface area contributed by atoms with Gasteiger partial charge in [-0.15, -0.1) is 0 Å². The van der Waals surface area contributed by atoms with Gasteiger partial charge in [-0.2, -0.15) is 5.10 Å². The fourth-order valence-corrected chi connectivity index (χ4v) is 3.31. The molecule has 2 amide bonds. The van der Waals surface area contributed by atoms with Crippen LogP contribution in [0.25, 0.3) is 11.0 Å². The number of anilines is 2. The van der Waals surface area contributed by atoms with Crippen molar-refractivity contribution in [2.75, 3.05) is 23.3 Å². The molecule has 0 aliphatic carbocycles. The highest BCUT2D eigenvalue weighted by atomic mass is 16.2. The van der Waals surface area contributed by atoms with Crippen LogP contribution in [0.4, 0.5) is 16.3 Å². The molecule has 1 aliphatic rings. The Morgan fingerprint density at radius 1 is 1.15 bits per heavy atom. The maximum atomic E-state index is 12.1. The molecule has 8 heteroatoms. The molecule has 0 bridgehead atoms. The molecule has 0 atom stereocenters. The number of urea groups is 1. The maximum absolute atomic E-state index is 12.1. The molecule has 134 valence electrons. The normalized spacial score (nSPS) is 15.2. The number of aryl methyl sites for hydroxylation is 1. The summed E-state index contributed by atoms with van der Waals surface area (Å²) in [6.07, 6.45) is 5.13. The van der Waals surface area contributed by atoms with Crippen molar-refractivity contribution in [3.05, 3.63) is 42.9 Å². The van der Waals surface area contributed by atoms with Crippen LogP contribution in [0.3, 0.4) is 0 Å². The first kappa shape index (κ1) is 16.3. The number of rotatable bonds is 3. The summed E-state index contributed by atoms with van der Waals surface area (Å²) in [5, 5.41) is 11.1. The van der Waals surface area contributed by atoms with Crippen LogP contribution in [0.2, 0.25) is 0 Å². The Labute approximate surface area is 151 Å². The van der Waals surface area contributed by atoms with Crippen molar-refractivity contribution in [1.82, 2.24) is 25.1 Å². The van der Waals surface area contributed by atoms with E-state index in [0.29, 0.717) is 0 Å². The van der Waals surface area contributed by atoms with Crippen LogP contribution in [0.1, 0.15) is 12.8 Å². The van der Waals surface area contributed by atoms with E-state index in [-0.39, 0.29) is 12.1 Å². The third-order valence-corrected chi connectivity index (χ3v) is 4.67. The van der Waals surface area contributed by atoms with Crippen LogP contribution < -0.4 is 15.5 Å². The summed E-state index contributed by atoms with van der Waals surface area (Å²) in [6.45, 7) is 1.66. The van der Waals surface area contributed by atoms with Crippen LogP contribution in [-0.2, 0) is 7.05 Å². The third kappa shape index (κ3) is 3.30. The number of nitrogens with one attached hydrogen (secondary N) is 2. The Hall–Kier alpha value is -3.16. The second-order valence-electron chi connectivity index (χ2n) is 6.43. The number of carbonyl (C=O) groups is 1. The van der Waals surface area contributed by atoms with Crippen molar-refractivity contribution < 1.29 is 4.79 Å². The molecule has 2 N–H and O–H groups in total. The summed E-state index contributed by atoms with van der Waals surface area (Å²) in [5.74, 6) is 0.912. The van der Waals surface area contributed by atoms with Gasteiger partial charge in [-0.1, -0.05) is 18.2 Å². The summed E-state index contributed by atoms with van der Waals surface area (Å²) < 4.78 is 1.75. The van der Waals surface area contributed by atoms with E-state index in [9.17, 15) is 4.79 Å². The molecule has 1 aromatic carbocycles. The van der Waals surface area contributed by atoms with Crippen LogP contribution >= 0.6 is 0 Å². The number of aromatic nitrogens is 4. The van der Waals surface area contributed by atoms with E-state index in [1.54, 1.807) is 11.0 Å². The average Bonchev–Trinajstić information content (AvgIpc) is 3.04. The van der Waals surface area contributed by atoms with Gasteiger partial charge in [0, 0.05) is 31.9 Å². The lowest BCUT2D eigenvalue weighted by atomic mass is 10.1. The summed E-state index contributed by atoms with van der Waals surface area (Å²) in [4.78, 5) is 23.1. The highest BCUT2D eigenvalue weighted by Gasteiger charge is 2.23. The number of nitrogens with zero attached hydrogens (tertiary/aromatic N) is 5. The SMILES string of the molecule is Cn1ncc2c(N3CCC(NC(=O)Nc4ccccc4)CC3)ncnc21. The predicted octanol–water partition coefficient (Wildman–Crippen LogP) is 2.15. The van der Waals surface area contributed by atoms with E-state index in [1.165, 1.54) is 0 Å². The Morgan fingerprint density at radius 3 is 2.69 bits per heavy atom. The minimum absolute atomic E-state index is 0.154. The molecule has 4 rings (SSSR count). The third-order valence-electron chi connectivity index (χ3n) is 4.67. The molecular weight excluding hydrogens is 330 g/mol. The molecule has 0 unspecified atom stereocenters. The number of carbonyl (C=O) groups excluding carboxylic acids is 1. The van der Waals surface area contributed by atoms with Gasteiger partial charge in [-0.05, 0) is 25.0 Å². The zero-order valence-corrected chi connectivity index (χ0v) is 14.6. The van der Waals surface area contributed by atoms with Gasteiger partial charge in [0.25, 0.3) is 0 Å². The number of hydrogen-bond donors (Lipinski definition) is 2. The zero-order chi connectivity index (χ0) is 17.9. The quantitative estimate of drug-likeness (QED) is 0.755. The molecule has 3 heterocycles. The minimum atomic E-state index is -0.161. The Bertz CT molecular complexity index is 900. The van der Waals surface area contributed by atoms with Crippen molar-refractivity contribution in [1.29, 1.82) is 0 Å². The largest absolute Gasteiger partial charge is 0.356 e. The van der Waals surface area contributed by atoms with E-state index < -0.39 is 0 Å². The Morgan fingerprint density at radius 2 is 1.92 bits per heavy atom. The molecule has 8 nitrogen and oxygen atoms in total. The topological polar surface area (TPSA) is 88.0 Å². The molecule has 2 aromatic heterocycles. The monoisotopic (exact) mass is 351 g/mol. The van der Waals surface area contributed by atoms with Crippen LogP contribution in [-0.4, -0.2) is 44.9 Å². The fraction of sp³-hybridized carbons (Fsp3) is 0.333. The highest BCUT2D eigenvalue weighted by Crippen LogP contribution is 2.25. The molecular formula is C18H21N7O. The predicted molar refractivity (Wildman–Crippen MR) is 100 cm³/mol. The van der Waals surface area contributed by atoms with Crippen molar-refractivity contribution >= 4 is 28.6 Å². The molecule has 0 spiro atoms. The van der Waals surface area contributed by atoms with E-state index >= 15 is 0 Å². The molecule has 3 aromatic rings. The van der Waals surface area contributed by atoms with Crippen LogP contribution in [0.5, 0.6) is 0 Å². The molecule has 0 saturated carbocycles. The first-order valence-corrected chi connectivity index (χ1v) is 8.71. The van der Waals surface area contributed by atoms with Gasteiger partial charge >= 0.3 is 6.03 Å². The maximum Gasteiger partial charge on any atom is 0.319 e. The van der Waals surface area contributed by atoms with Crippen molar-refractivity contribution in [3.8, 4) is 0 Å². The summed E-state index contributed by atoms with van der Waals surface area (Å²) in [6, 6.07) is 9.45. The van der Waals surface area contributed by atoms with Crippen molar-refractivity contribution in [3.63, 3.8) is 0 Å². The standard InChI is InChI=1S/C18H21N7O/c1-24-16-15(11-21-24)17(20-12-19-16)25-9-7-14(8-10-25)23-18(26)22-13-5-3-2-4-6-13/h2-6,11-12,14H,7-10H2,1H3,(H2,22,23,26). The number of hydrogen-bond acceptors (Lipinski definition) is 5. The van der Waals surface area contributed by atoms with Gasteiger partial charge in [0.05, 0.1) is 11.6 Å². The zero-order valence-electron chi connectivity index (χ0n) is 14.6. The second-order valence-corrected chi connectivity index (χ2v) is 6.43. The Kier molecular flexibility index (Phi) is 4.39. The summed E-state index contributed by atoms with van der Waals surface area (Å²) >= 11 is 0. The van der Waals surface area contributed by atoms with Crippen LogP contribution in [0, 0.1) is 0 Å². The van der Waals surface area contributed by atoms with Gasteiger partial charge in [-0.3, -0.25) is 4.68 Å². The summed E-state index contributed by atoms with van der Waals surface area (Å²) in [5.41, 5.74) is 1.62. The number of para-hydroxylation sites is 1. The number of amides is 2. The number of piperidine rings is 1. The van der Waals surface area contributed by atoms with Gasteiger partial charge in [0.15, 0.2) is 5.65 Å². The molecule has 1 saturated heterocycles. The van der Waals surface area contributed by atoms with E-state index in [1.807, 2.05) is 43.6 Å². The first-order valence-electron chi connectivity index (χ1n) is 8.71. The molecule has 1 aliphatic heterocycles. The lowest BCUT2D eigenvalue weighted by Crippen LogP contribution is -2.46. The van der Waals surface area contributed by atoms with Crippen molar-refractivity contribution in [2.45, 2.75) is 18.9 Å². The second kappa shape index (κ2) is 6.99. The summed E-state index contributed by atoms with van der Waals surface area (Å²) in [7, 11) is 1.88. The Balaban J connectivity index is 1.36. The fourth-order valence-electron chi connectivity index (χ4n) is 3.31. The number of benzene rings is 1. The van der Waals surface area contributed by atoms with Gasteiger partial charge in [0.1, 0.15) is 12.1 Å². The van der Waals surface area contributed by atoms with Gasteiger partial charge in [-0.25, -0.2) is 14.8 Å².